The van der Waals surface area contributed by atoms with Crippen LogP contribution in [0, 0.1) is 0 Å². The quantitative estimate of drug-likeness (QED) is 0.600. The molecule has 5 heteroatoms. The van der Waals surface area contributed by atoms with Gasteiger partial charge < -0.3 is 9.80 Å². The molecule has 0 saturated heterocycles. The van der Waals surface area contributed by atoms with Gasteiger partial charge in [0.15, 0.2) is 0 Å². The first-order valence-corrected chi connectivity index (χ1v) is 6.30. The molecular weight excluding hydrogens is 218 g/mol. The van der Waals surface area contributed by atoms with Gasteiger partial charge in [-0.25, -0.2) is 4.79 Å². The van der Waals surface area contributed by atoms with Gasteiger partial charge in [0.2, 0.25) is 0 Å². The number of carbonyl (C=O) groups excluding carboxylic acids is 2. The van der Waals surface area contributed by atoms with E-state index >= 15 is 0 Å². The average Bonchev–Trinajstić information content (AvgIpc) is 2.36. The topological polar surface area (TPSA) is 43.9 Å². The Kier molecular flexibility index (Phi) is 8.40. The van der Waals surface area contributed by atoms with E-state index in [0.717, 1.165) is 18.0 Å². The van der Waals surface area contributed by atoms with Crippen LogP contribution in [0.15, 0.2) is 0 Å². The first-order valence-electron chi connectivity index (χ1n) is 6.30. The Morgan fingerprint density at radius 2 is 1.47 bits per heavy atom. The zero-order valence-corrected chi connectivity index (χ0v) is 11.4. The largest absolute Gasteiger partial charge is 0.327 e. The third-order valence-electron chi connectivity index (χ3n) is 2.91. The van der Waals surface area contributed by atoms with E-state index in [9.17, 15) is 9.59 Å². The molecule has 0 saturated carbocycles. The van der Waals surface area contributed by atoms with Gasteiger partial charge in [0.25, 0.3) is 0 Å². The smallest absolute Gasteiger partial charge is 0.325 e. The van der Waals surface area contributed by atoms with E-state index in [4.69, 9.17) is 0 Å². The lowest BCUT2D eigenvalue weighted by molar-refractivity contribution is 0.172. The molecule has 0 aliphatic carbocycles. The van der Waals surface area contributed by atoms with Crippen LogP contribution in [0.2, 0.25) is 0 Å². The van der Waals surface area contributed by atoms with Gasteiger partial charge in [-0.2, -0.15) is 0 Å². The molecule has 3 amide bonds. The van der Waals surface area contributed by atoms with E-state index in [1.54, 1.807) is 11.3 Å². The molecule has 0 aliphatic rings. The van der Waals surface area contributed by atoms with Gasteiger partial charge in [-0.15, -0.1) is 0 Å². The van der Waals surface area contributed by atoms with Gasteiger partial charge >= 0.3 is 12.4 Å². The fraction of sp³-hybridized carbons (Fsp3) is 0.833. The van der Waals surface area contributed by atoms with E-state index in [-0.39, 0.29) is 6.03 Å². The Balaban J connectivity index is 4.32. The minimum atomic E-state index is -0.253. The van der Waals surface area contributed by atoms with E-state index in [1.807, 2.05) is 13.8 Å². The van der Waals surface area contributed by atoms with Gasteiger partial charge in [0, 0.05) is 26.2 Å². The predicted molar refractivity (Wildman–Crippen MR) is 68.5 cm³/mol. The fourth-order valence-electron chi connectivity index (χ4n) is 1.63. The molecule has 0 aromatic carbocycles. The first-order chi connectivity index (χ1) is 8.14. The zero-order valence-electron chi connectivity index (χ0n) is 11.4. The second kappa shape index (κ2) is 8.98. The average molecular weight is 242 g/mol. The SMILES string of the molecule is CCN(CC)CCN([C]=O)C(=O)N(CC)CC. The summed E-state index contributed by atoms with van der Waals surface area (Å²) in [7, 11) is 0. The van der Waals surface area contributed by atoms with Crippen LogP contribution in [0.25, 0.3) is 0 Å². The number of rotatable bonds is 8. The van der Waals surface area contributed by atoms with Crippen LogP contribution in [-0.4, -0.2) is 66.4 Å². The van der Waals surface area contributed by atoms with Crippen LogP contribution in [-0.2, 0) is 4.79 Å². The minimum Gasteiger partial charge on any atom is -0.325 e. The van der Waals surface area contributed by atoms with Crippen LogP contribution in [0.5, 0.6) is 0 Å². The minimum absolute atomic E-state index is 0.253. The van der Waals surface area contributed by atoms with Gasteiger partial charge in [-0.05, 0) is 26.9 Å². The summed E-state index contributed by atoms with van der Waals surface area (Å²) < 4.78 is 0. The van der Waals surface area contributed by atoms with Crippen LogP contribution < -0.4 is 0 Å². The molecule has 0 rings (SSSR count). The van der Waals surface area contributed by atoms with Crippen LogP contribution >= 0.6 is 0 Å². The van der Waals surface area contributed by atoms with E-state index in [2.05, 4.69) is 18.7 Å². The number of urea groups is 1. The maximum atomic E-state index is 11.9. The van der Waals surface area contributed by atoms with Crippen molar-refractivity contribution >= 4 is 12.4 Å². The van der Waals surface area contributed by atoms with Crippen molar-refractivity contribution in [1.29, 1.82) is 0 Å². The Hall–Kier alpha value is -1.10. The molecule has 17 heavy (non-hydrogen) atoms. The van der Waals surface area contributed by atoms with E-state index < -0.39 is 0 Å². The molecule has 0 N–H and O–H groups in total. The summed E-state index contributed by atoms with van der Waals surface area (Å²) in [4.78, 5) is 27.6. The summed E-state index contributed by atoms with van der Waals surface area (Å²) in [6, 6.07) is -0.253. The number of carbonyl (C=O) groups is 1. The molecule has 0 fully saturated rings. The molecular formula is C12H24N3O2. The predicted octanol–water partition coefficient (Wildman–Crippen LogP) is 1.16. The van der Waals surface area contributed by atoms with E-state index in [1.165, 1.54) is 0 Å². The van der Waals surface area contributed by atoms with Gasteiger partial charge in [0.1, 0.15) is 0 Å². The number of nitrogens with zero attached hydrogens (tertiary/aromatic N) is 3. The van der Waals surface area contributed by atoms with Crippen LogP contribution in [0.4, 0.5) is 4.79 Å². The summed E-state index contributed by atoms with van der Waals surface area (Å²) in [6.07, 6.45) is 1.72. The highest BCUT2D eigenvalue weighted by Crippen LogP contribution is 1.98. The zero-order chi connectivity index (χ0) is 13.3. The van der Waals surface area contributed by atoms with Crippen molar-refractivity contribution in [2.75, 3.05) is 39.3 Å². The first kappa shape index (κ1) is 15.9. The summed E-state index contributed by atoms with van der Waals surface area (Å²) in [5.41, 5.74) is 0. The molecule has 0 unspecified atom stereocenters. The third-order valence-corrected chi connectivity index (χ3v) is 2.91. The number of hydrogen-bond donors (Lipinski definition) is 0. The number of likely N-dealkylation sites (N-methyl/N-ethyl adjacent to an activating group) is 1. The Bertz CT molecular complexity index is 226. The maximum Gasteiger partial charge on any atom is 0.327 e. The van der Waals surface area contributed by atoms with Crippen molar-refractivity contribution in [3.63, 3.8) is 0 Å². The fourth-order valence-corrected chi connectivity index (χ4v) is 1.63. The van der Waals surface area contributed by atoms with Crippen molar-refractivity contribution < 1.29 is 9.59 Å². The molecule has 1 radical (unpaired) electrons. The van der Waals surface area contributed by atoms with Gasteiger partial charge in [0.05, 0.1) is 0 Å². The van der Waals surface area contributed by atoms with Gasteiger partial charge in [-0.3, -0.25) is 9.69 Å². The van der Waals surface area contributed by atoms with Crippen LogP contribution in [0.1, 0.15) is 27.7 Å². The Morgan fingerprint density at radius 1 is 0.941 bits per heavy atom. The van der Waals surface area contributed by atoms with Crippen molar-refractivity contribution in [3.8, 4) is 0 Å². The number of imide groups is 1. The molecule has 99 valence electrons. The lowest BCUT2D eigenvalue weighted by Gasteiger charge is -2.26. The highest BCUT2D eigenvalue weighted by atomic mass is 16.2. The Morgan fingerprint density at radius 3 is 1.82 bits per heavy atom. The van der Waals surface area contributed by atoms with Crippen molar-refractivity contribution in [2.24, 2.45) is 0 Å². The normalized spacial score (nSPS) is 10.4. The van der Waals surface area contributed by atoms with Gasteiger partial charge in [-0.1, -0.05) is 13.8 Å². The summed E-state index contributed by atoms with van der Waals surface area (Å²) >= 11 is 0. The Labute approximate surface area is 104 Å². The molecule has 0 heterocycles. The summed E-state index contributed by atoms with van der Waals surface area (Å²) in [5, 5.41) is 0. The lowest BCUT2D eigenvalue weighted by atomic mass is 10.4. The number of amides is 3. The van der Waals surface area contributed by atoms with Crippen LogP contribution in [0.3, 0.4) is 0 Å². The highest BCUT2D eigenvalue weighted by molar-refractivity contribution is 5.84. The molecule has 0 bridgehead atoms. The second-order valence-corrected chi connectivity index (χ2v) is 3.72. The van der Waals surface area contributed by atoms with Crippen molar-refractivity contribution in [3.05, 3.63) is 0 Å². The number of hydrogen-bond acceptors (Lipinski definition) is 3. The molecule has 5 nitrogen and oxygen atoms in total. The lowest BCUT2D eigenvalue weighted by Crippen LogP contribution is -2.45. The molecule has 0 atom stereocenters. The second-order valence-electron chi connectivity index (χ2n) is 3.72. The van der Waals surface area contributed by atoms with E-state index in [0.29, 0.717) is 26.2 Å². The maximum absolute atomic E-state index is 11.9. The summed E-state index contributed by atoms with van der Waals surface area (Å²) in [6.45, 7) is 12.1. The van der Waals surface area contributed by atoms with Crippen molar-refractivity contribution in [1.82, 2.24) is 14.7 Å². The molecule has 0 spiro atoms. The van der Waals surface area contributed by atoms with Crippen molar-refractivity contribution in [2.45, 2.75) is 27.7 Å². The molecule has 0 aromatic rings. The standard InChI is InChI=1S/C12H24N3O2/c1-5-13(6-2)9-10-15(11-16)12(17)14(7-3)8-4/h5-10H2,1-4H3. The monoisotopic (exact) mass is 242 g/mol. The summed E-state index contributed by atoms with van der Waals surface area (Å²) in [5.74, 6) is 0. The molecule has 0 aromatic heterocycles. The molecule has 0 aliphatic heterocycles. The third kappa shape index (κ3) is 5.17. The highest BCUT2D eigenvalue weighted by Gasteiger charge is 2.19.